The van der Waals surface area contributed by atoms with Crippen molar-refractivity contribution in [3.05, 3.63) is 41.2 Å². The van der Waals surface area contributed by atoms with E-state index in [0.717, 1.165) is 11.3 Å². The van der Waals surface area contributed by atoms with E-state index in [1.165, 1.54) is 11.9 Å². The van der Waals surface area contributed by atoms with Gasteiger partial charge in [0.1, 0.15) is 0 Å². The van der Waals surface area contributed by atoms with E-state index in [0.29, 0.717) is 5.69 Å². The van der Waals surface area contributed by atoms with E-state index in [-0.39, 0.29) is 5.69 Å². The van der Waals surface area contributed by atoms with Gasteiger partial charge in [-0.05, 0) is 31.5 Å². The van der Waals surface area contributed by atoms with Crippen molar-refractivity contribution in [1.82, 2.24) is 15.0 Å². The molecule has 0 radical (unpaired) electrons. The maximum Gasteiger partial charge on any atom is 0.360 e. The molecule has 0 unspecified atom stereocenters. The second-order valence-corrected chi connectivity index (χ2v) is 3.75. The molecule has 0 N–H and O–H groups in total. The topological polar surface area (TPSA) is 57.0 Å². The van der Waals surface area contributed by atoms with Crippen LogP contribution in [0, 0.1) is 13.8 Å². The molecule has 2 aromatic rings. The summed E-state index contributed by atoms with van der Waals surface area (Å²) in [5, 5.41) is 8.32. The van der Waals surface area contributed by atoms with Crippen LogP contribution < -0.4 is 0 Å². The molecule has 0 saturated heterocycles. The quantitative estimate of drug-likeness (QED) is 0.738. The summed E-state index contributed by atoms with van der Waals surface area (Å²) in [5.74, 6) is -0.471. The fourth-order valence-electron chi connectivity index (χ4n) is 1.53. The molecule has 0 amide bonds. The Balaban J connectivity index is 2.44. The van der Waals surface area contributed by atoms with Crippen molar-refractivity contribution < 1.29 is 9.53 Å². The molecule has 5 heteroatoms. The van der Waals surface area contributed by atoms with Crippen molar-refractivity contribution in [1.29, 1.82) is 0 Å². The lowest BCUT2D eigenvalue weighted by Crippen LogP contribution is -2.05. The number of aromatic nitrogens is 3. The number of carbonyl (C=O) groups is 1. The monoisotopic (exact) mass is 231 g/mol. The van der Waals surface area contributed by atoms with Crippen LogP contribution in [-0.4, -0.2) is 28.1 Å². The minimum Gasteiger partial charge on any atom is -0.464 e. The van der Waals surface area contributed by atoms with Gasteiger partial charge in [-0.1, -0.05) is 12.1 Å². The third kappa shape index (κ3) is 2.18. The maximum absolute atomic E-state index is 11.4. The molecule has 0 aliphatic carbocycles. The molecule has 17 heavy (non-hydrogen) atoms. The smallest absolute Gasteiger partial charge is 0.360 e. The summed E-state index contributed by atoms with van der Waals surface area (Å²) in [5.41, 5.74) is 2.73. The van der Waals surface area contributed by atoms with Gasteiger partial charge in [0.15, 0.2) is 5.69 Å². The Hall–Kier alpha value is -2.17. The van der Waals surface area contributed by atoms with Gasteiger partial charge in [-0.25, -0.2) is 4.79 Å². The lowest BCUT2D eigenvalue weighted by molar-refractivity contribution is 0.0592. The first-order valence-corrected chi connectivity index (χ1v) is 5.21. The molecule has 0 aliphatic heterocycles. The number of benzene rings is 1. The van der Waals surface area contributed by atoms with E-state index in [1.807, 2.05) is 31.2 Å². The third-order valence-electron chi connectivity index (χ3n) is 2.39. The van der Waals surface area contributed by atoms with Gasteiger partial charge in [-0.2, -0.15) is 9.90 Å². The van der Waals surface area contributed by atoms with Crippen molar-refractivity contribution in [2.45, 2.75) is 13.8 Å². The number of rotatable bonds is 2. The van der Waals surface area contributed by atoms with Gasteiger partial charge in [0.05, 0.1) is 18.5 Å². The zero-order valence-corrected chi connectivity index (χ0v) is 9.97. The van der Waals surface area contributed by atoms with Gasteiger partial charge in [-0.3, -0.25) is 0 Å². The van der Waals surface area contributed by atoms with E-state index in [2.05, 4.69) is 14.9 Å². The van der Waals surface area contributed by atoms with Crippen LogP contribution in [0.1, 0.15) is 21.7 Å². The zero-order valence-electron chi connectivity index (χ0n) is 9.97. The van der Waals surface area contributed by atoms with Crippen molar-refractivity contribution in [2.75, 3.05) is 7.11 Å². The Kier molecular flexibility index (Phi) is 2.91. The fourth-order valence-corrected chi connectivity index (χ4v) is 1.53. The minimum atomic E-state index is -0.471. The van der Waals surface area contributed by atoms with E-state index < -0.39 is 5.97 Å². The van der Waals surface area contributed by atoms with Gasteiger partial charge >= 0.3 is 5.97 Å². The molecule has 0 saturated carbocycles. The largest absolute Gasteiger partial charge is 0.464 e. The number of aryl methyl sites for hydroxylation is 2. The van der Waals surface area contributed by atoms with Crippen LogP contribution in [-0.2, 0) is 4.74 Å². The molecule has 1 heterocycles. The molecule has 0 bridgehead atoms. The second-order valence-electron chi connectivity index (χ2n) is 3.75. The van der Waals surface area contributed by atoms with Crippen molar-refractivity contribution >= 4 is 5.97 Å². The van der Waals surface area contributed by atoms with Gasteiger partial charge in [0, 0.05) is 0 Å². The average molecular weight is 231 g/mol. The van der Waals surface area contributed by atoms with Crippen LogP contribution in [0.2, 0.25) is 0 Å². The molecule has 2 rings (SSSR count). The molecule has 1 aromatic heterocycles. The summed E-state index contributed by atoms with van der Waals surface area (Å²) in [4.78, 5) is 12.8. The normalized spacial score (nSPS) is 10.3. The minimum absolute atomic E-state index is 0.244. The first-order valence-electron chi connectivity index (χ1n) is 5.21. The number of carbonyl (C=O) groups excluding carboxylic acids is 1. The van der Waals surface area contributed by atoms with E-state index in [9.17, 15) is 4.79 Å². The molecule has 0 fully saturated rings. The van der Waals surface area contributed by atoms with Crippen LogP contribution in [0.3, 0.4) is 0 Å². The highest BCUT2D eigenvalue weighted by molar-refractivity contribution is 5.88. The summed E-state index contributed by atoms with van der Waals surface area (Å²) in [6, 6.07) is 7.73. The van der Waals surface area contributed by atoms with Gasteiger partial charge < -0.3 is 4.74 Å². The summed E-state index contributed by atoms with van der Waals surface area (Å²) < 4.78 is 4.64. The summed E-state index contributed by atoms with van der Waals surface area (Å²) in [7, 11) is 1.33. The van der Waals surface area contributed by atoms with E-state index in [1.54, 1.807) is 6.92 Å². The Bertz CT molecular complexity index is 561. The van der Waals surface area contributed by atoms with Crippen LogP contribution >= 0.6 is 0 Å². The number of methoxy groups -OCH3 is 1. The summed E-state index contributed by atoms with van der Waals surface area (Å²) >= 11 is 0. The van der Waals surface area contributed by atoms with Crippen molar-refractivity contribution in [2.24, 2.45) is 0 Å². The Morgan fingerprint density at radius 1 is 1.29 bits per heavy atom. The van der Waals surface area contributed by atoms with Crippen molar-refractivity contribution in [3.8, 4) is 5.69 Å². The number of esters is 1. The van der Waals surface area contributed by atoms with Gasteiger partial charge in [-0.15, -0.1) is 5.10 Å². The molecular weight excluding hydrogens is 218 g/mol. The highest BCUT2D eigenvalue weighted by atomic mass is 16.5. The molecule has 1 aromatic carbocycles. The van der Waals surface area contributed by atoms with E-state index >= 15 is 0 Å². The van der Waals surface area contributed by atoms with Crippen LogP contribution in [0.25, 0.3) is 5.69 Å². The third-order valence-corrected chi connectivity index (χ3v) is 2.39. The zero-order chi connectivity index (χ0) is 12.4. The lowest BCUT2D eigenvalue weighted by Gasteiger charge is -1.99. The fraction of sp³-hybridized carbons (Fsp3) is 0.250. The van der Waals surface area contributed by atoms with Crippen LogP contribution in [0.4, 0.5) is 0 Å². The predicted octanol–water partition coefficient (Wildman–Crippen LogP) is 1.67. The predicted molar refractivity (Wildman–Crippen MR) is 62.2 cm³/mol. The van der Waals surface area contributed by atoms with Crippen LogP contribution in [0.15, 0.2) is 24.3 Å². The molecule has 0 atom stereocenters. The highest BCUT2D eigenvalue weighted by Crippen LogP contribution is 2.10. The van der Waals surface area contributed by atoms with Crippen molar-refractivity contribution in [3.63, 3.8) is 0 Å². The molecule has 5 nitrogen and oxygen atoms in total. The number of hydrogen-bond donors (Lipinski definition) is 0. The molecule has 0 spiro atoms. The summed E-state index contributed by atoms with van der Waals surface area (Å²) in [6.45, 7) is 3.71. The first kappa shape index (κ1) is 11.3. The van der Waals surface area contributed by atoms with E-state index in [4.69, 9.17) is 0 Å². The number of nitrogens with zero attached hydrogens (tertiary/aromatic N) is 3. The summed E-state index contributed by atoms with van der Waals surface area (Å²) in [6.07, 6.45) is 0. The Labute approximate surface area is 99.0 Å². The van der Waals surface area contributed by atoms with Gasteiger partial charge in [0.25, 0.3) is 0 Å². The standard InChI is InChI=1S/C12H13N3O2/c1-8-5-4-6-10(7-8)15-13-9(2)11(14-15)12(16)17-3/h4-7H,1-3H3. The number of ether oxygens (including phenoxy) is 1. The lowest BCUT2D eigenvalue weighted by atomic mass is 10.2. The Morgan fingerprint density at radius 3 is 2.71 bits per heavy atom. The van der Waals surface area contributed by atoms with Crippen LogP contribution in [0.5, 0.6) is 0 Å². The number of hydrogen-bond acceptors (Lipinski definition) is 4. The molecular formula is C12H13N3O2. The highest BCUT2D eigenvalue weighted by Gasteiger charge is 2.16. The maximum atomic E-state index is 11.4. The average Bonchev–Trinajstić information content (AvgIpc) is 2.70. The Morgan fingerprint density at radius 2 is 2.06 bits per heavy atom. The SMILES string of the molecule is COC(=O)c1nn(-c2cccc(C)c2)nc1C. The molecule has 0 aliphatic rings. The molecule has 88 valence electrons. The second kappa shape index (κ2) is 4.37. The van der Waals surface area contributed by atoms with Gasteiger partial charge in [0.2, 0.25) is 0 Å². The first-order chi connectivity index (χ1) is 8.11.